The number of aliphatic hydroxyl groups is 1. The van der Waals surface area contributed by atoms with Gasteiger partial charge in [0.05, 0.1) is 13.1 Å². The molecule has 0 amide bonds. The lowest BCUT2D eigenvalue weighted by Gasteiger charge is -2.34. The molecule has 33 heavy (non-hydrogen) atoms. The van der Waals surface area contributed by atoms with E-state index in [1.807, 2.05) is 33.0 Å². The molecule has 0 saturated carbocycles. The third kappa shape index (κ3) is 7.58. The summed E-state index contributed by atoms with van der Waals surface area (Å²) in [6.45, 7) is 16.6. The zero-order chi connectivity index (χ0) is 23.1. The van der Waals surface area contributed by atoms with Crippen molar-refractivity contribution < 1.29 is 9.52 Å². The second-order valence-corrected chi connectivity index (χ2v) is 8.60. The Kier molecular flexibility index (Phi) is 10.4. The van der Waals surface area contributed by atoms with Gasteiger partial charge in [0, 0.05) is 44.5 Å². The van der Waals surface area contributed by atoms with Crippen molar-refractivity contribution in [2.24, 2.45) is 4.99 Å². The van der Waals surface area contributed by atoms with E-state index in [-0.39, 0.29) is 24.0 Å². The highest BCUT2D eigenvalue weighted by Gasteiger charge is 2.28. The summed E-state index contributed by atoms with van der Waals surface area (Å²) in [5.41, 5.74) is 0.771. The molecule has 1 aliphatic heterocycles. The molecule has 1 unspecified atom stereocenters. The first-order chi connectivity index (χ1) is 15.3. The Morgan fingerprint density at radius 2 is 1.91 bits per heavy atom. The Morgan fingerprint density at radius 1 is 1.18 bits per heavy atom. The van der Waals surface area contributed by atoms with Crippen LogP contribution in [0.25, 0.3) is 0 Å². The van der Waals surface area contributed by atoms with Gasteiger partial charge in [-0.15, -0.1) is 24.0 Å². The smallest absolute Gasteiger partial charge is 0.191 e. The van der Waals surface area contributed by atoms with Gasteiger partial charge in [-0.3, -0.25) is 0 Å². The van der Waals surface area contributed by atoms with Gasteiger partial charge in [-0.25, -0.2) is 9.98 Å². The number of aliphatic imine (C=N–C) groups is 1. The summed E-state index contributed by atoms with van der Waals surface area (Å²) in [6, 6.07) is 6.06. The average Bonchev–Trinajstić information content (AvgIpc) is 3.15. The number of aromatic nitrogens is 1. The summed E-state index contributed by atoms with van der Waals surface area (Å²) in [5.74, 6) is 3.21. The molecule has 1 atom stereocenters. The number of nitrogens with zero attached hydrogens (tertiary/aromatic N) is 4. The molecule has 1 aliphatic rings. The number of hydrogen-bond acceptors (Lipinski definition) is 6. The zero-order valence-corrected chi connectivity index (χ0v) is 22.8. The molecule has 1 saturated heterocycles. The third-order valence-electron chi connectivity index (χ3n) is 5.94. The quantitative estimate of drug-likeness (QED) is 0.256. The molecular weight excluding hydrogens is 531 g/mol. The van der Waals surface area contributed by atoms with Crippen molar-refractivity contribution in [2.45, 2.75) is 46.8 Å². The highest BCUT2D eigenvalue weighted by Crippen LogP contribution is 2.26. The molecule has 3 heterocycles. The Balaban J connectivity index is 0.00000385. The fourth-order valence-electron chi connectivity index (χ4n) is 4.02. The molecule has 0 spiro atoms. The molecule has 2 aromatic rings. The normalized spacial score (nSPS) is 16.8. The van der Waals surface area contributed by atoms with Crippen molar-refractivity contribution in [3.63, 3.8) is 0 Å². The Hall–Kier alpha value is -1.85. The Labute approximate surface area is 214 Å². The molecule has 3 rings (SSSR count). The number of pyridine rings is 1. The Morgan fingerprint density at radius 3 is 2.45 bits per heavy atom. The number of rotatable bonds is 8. The van der Waals surface area contributed by atoms with E-state index in [9.17, 15) is 5.11 Å². The number of guanidine groups is 1. The zero-order valence-electron chi connectivity index (χ0n) is 20.5. The molecular formula is C24H39IN6O2. The van der Waals surface area contributed by atoms with Gasteiger partial charge in [0.1, 0.15) is 22.9 Å². The minimum atomic E-state index is -1.07. The summed E-state index contributed by atoms with van der Waals surface area (Å²) in [6.07, 6.45) is 1.91. The lowest BCUT2D eigenvalue weighted by molar-refractivity contribution is 0.0601. The number of hydrogen-bond donors (Lipinski definition) is 3. The summed E-state index contributed by atoms with van der Waals surface area (Å²) in [7, 11) is 0. The van der Waals surface area contributed by atoms with Gasteiger partial charge in [-0.1, -0.05) is 13.0 Å². The summed E-state index contributed by atoms with van der Waals surface area (Å²) in [4.78, 5) is 14.1. The van der Waals surface area contributed by atoms with E-state index in [1.54, 1.807) is 6.92 Å². The summed E-state index contributed by atoms with van der Waals surface area (Å²) >= 11 is 0. The first-order valence-corrected chi connectivity index (χ1v) is 11.6. The summed E-state index contributed by atoms with van der Waals surface area (Å²) in [5, 5.41) is 17.4. The van der Waals surface area contributed by atoms with Crippen LogP contribution in [-0.2, 0) is 12.1 Å². The van der Waals surface area contributed by atoms with Crippen molar-refractivity contribution in [3.05, 3.63) is 47.0 Å². The minimum Gasteiger partial charge on any atom is -0.466 e. The molecule has 2 aromatic heterocycles. The van der Waals surface area contributed by atoms with Crippen LogP contribution in [0.1, 0.15) is 43.4 Å². The van der Waals surface area contributed by atoms with Crippen LogP contribution >= 0.6 is 24.0 Å². The number of furan rings is 1. The van der Waals surface area contributed by atoms with E-state index >= 15 is 0 Å². The second kappa shape index (κ2) is 12.6. The third-order valence-corrected chi connectivity index (χ3v) is 5.94. The van der Waals surface area contributed by atoms with Crippen LogP contribution in [0.15, 0.2) is 33.8 Å². The highest BCUT2D eigenvalue weighted by atomic mass is 127. The first kappa shape index (κ1) is 27.4. The number of aryl methyl sites for hydroxylation is 2. The van der Waals surface area contributed by atoms with Crippen LogP contribution in [0, 0.1) is 13.8 Å². The van der Waals surface area contributed by atoms with Gasteiger partial charge < -0.3 is 30.0 Å². The van der Waals surface area contributed by atoms with E-state index < -0.39 is 5.60 Å². The first-order valence-electron chi connectivity index (χ1n) is 11.6. The molecule has 0 aliphatic carbocycles. The minimum absolute atomic E-state index is 0. The van der Waals surface area contributed by atoms with Crippen LogP contribution in [0.3, 0.4) is 0 Å². The standard InChI is InChI=1S/C24H38N6O2.HI/c1-6-25-23(28-17-24(5,31)21-14-18(3)32-19(21)4)27-16-20-8-9-22(26-15-20)30-12-10-29(7-2)11-13-30;/h8-9,14-15,31H,6-7,10-13,16-17H2,1-5H3,(H2,25,27,28);1H. The predicted molar refractivity (Wildman–Crippen MR) is 145 cm³/mol. The van der Waals surface area contributed by atoms with Gasteiger partial charge in [0.15, 0.2) is 5.96 Å². The number of halogens is 1. The maximum absolute atomic E-state index is 10.9. The SMILES string of the molecule is CCNC(=NCc1ccc(N2CCN(CC)CC2)nc1)NCC(C)(O)c1cc(C)oc1C.I. The van der Waals surface area contributed by atoms with Crippen LogP contribution in [0.5, 0.6) is 0 Å². The van der Waals surface area contributed by atoms with Crippen molar-refractivity contribution in [2.75, 3.05) is 50.7 Å². The van der Waals surface area contributed by atoms with Gasteiger partial charge in [0.25, 0.3) is 0 Å². The number of anilines is 1. The largest absolute Gasteiger partial charge is 0.466 e. The molecule has 184 valence electrons. The van der Waals surface area contributed by atoms with Crippen molar-refractivity contribution in [1.82, 2.24) is 20.5 Å². The molecule has 0 aromatic carbocycles. The van der Waals surface area contributed by atoms with Gasteiger partial charge in [-0.2, -0.15) is 0 Å². The van der Waals surface area contributed by atoms with E-state index in [0.29, 0.717) is 19.0 Å². The molecule has 1 fully saturated rings. The van der Waals surface area contributed by atoms with Gasteiger partial charge in [0.2, 0.25) is 0 Å². The molecule has 0 radical (unpaired) electrons. The van der Waals surface area contributed by atoms with Crippen LogP contribution < -0.4 is 15.5 Å². The van der Waals surface area contributed by atoms with Crippen LogP contribution in [0.4, 0.5) is 5.82 Å². The topological polar surface area (TPSA) is 89.2 Å². The predicted octanol–water partition coefficient (Wildman–Crippen LogP) is 3.01. The fourth-order valence-corrected chi connectivity index (χ4v) is 4.02. The molecule has 0 bridgehead atoms. The number of piperazine rings is 1. The Bertz CT molecular complexity index is 889. The monoisotopic (exact) mass is 570 g/mol. The molecule has 8 nitrogen and oxygen atoms in total. The van der Waals surface area contributed by atoms with Crippen molar-refractivity contribution >= 4 is 35.8 Å². The lowest BCUT2D eigenvalue weighted by atomic mass is 9.96. The molecule has 9 heteroatoms. The van der Waals surface area contributed by atoms with E-state index in [0.717, 1.165) is 67.7 Å². The van der Waals surface area contributed by atoms with Gasteiger partial charge >= 0.3 is 0 Å². The van der Waals surface area contributed by atoms with Crippen molar-refractivity contribution in [1.29, 1.82) is 0 Å². The second-order valence-electron chi connectivity index (χ2n) is 8.60. The summed E-state index contributed by atoms with van der Waals surface area (Å²) < 4.78 is 5.58. The van der Waals surface area contributed by atoms with E-state index in [2.05, 4.69) is 49.5 Å². The van der Waals surface area contributed by atoms with E-state index in [4.69, 9.17) is 4.42 Å². The van der Waals surface area contributed by atoms with Crippen LogP contribution in [-0.4, -0.2) is 66.8 Å². The highest BCUT2D eigenvalue weighted by molar-refractivity contribution is 14.0. The lowest BCUT2D eigenvalue weighted by Crippen LogP contribution is -2.46. The average molecular weight is 571 g/mol. The number of nitrogens with one attached hydrogen (secondary N) is 2. The maximum atomic E-state index is 10.9. The number of likely N-dealkylation sites (N-methyl/N-ethyl adjacent to an activating group) is 1. The maximum Gasteiger partial charge on any atom is 0.191 e. The van der Waals surface area contributed by atoms with E-state index in [1.165, 1.54) is 0 Å². The van der Waals surface area contributed by atoms with Gasteiger partial charge in [-0.05, 0) is 51.9 Å². The van der Waals surface area contributed by atoms with Crippen molar-refractivity contribution in [3.8, 4) is 0 Å². The van der Waals surface area contributed by atoms with Crippen LogP contribution in [0.2, 0.25) is 0 Å². The molecule has 3 N–H and O–H groups in total. The fraction of sp³-hybridized carbons (Fsp3) is 0.583.